The number of nitrogens with zero attached hydrogens (tertiary/aromatic N) is 2. The lowest BCUT2D eigenvalue weighted by atomic mass is 10.0. The second kappa shape index (κ2) is 6.77. The smallest absolute Gasteiger partial charge is 0.221 e. The van der Waals surface area contributed by atoms with Crippen LogP contribution < -0.4 is 0 Å². The van der Waals surface area contributed by atoms with Gasteiger partial charge in [0.1, 0.15) is 11.1 Å². The molecule has 1 heterocycles. The number of rotatable bonds is 6. The molecule has 0 saturated heterocycles. The molecule has 7 heteroatoms. The fourth-order valence-electron chi connectivity index (χ4n) is 2.05. The van der Waals surface area contributed by atoms with Crippen LogP contribution in [-0.2, 0) is 14.5 Å². The van der Waals surface area contributed by atoms with Crippen LogP contribution in [-0.4, -0.2) is 27.7 Å². The molecular weight excluding hydrogens is 340 g/mol. The number of aromatic nitrogens is 1. The third-order valence-electron chi connectivity index (χ3n) is 4.23. The standard InChI is InChI=1S/C16H30N2O2SSi2/c1-13(19-23(8,9)15(2,3)4)16(12-17,20-22(5,6)7)14-18-10-11-21-14/h10-11,13H,1-9H3/t13-,16+/m0/s1. The fraction of sp³-hybridized carbons (Fsp3) is 0.750. The van der Waals surface area contributed by atoms with Crippen molar-refractivity contribution in [3.05, 3.63) is 16.6 Å². The first-order valence-electron chi connectivity index (χ1n) is 7.94. The molecule has 0 radical (unpaired) electrons. The zero-order chi connectivity index (χ0) is 18.1. The van der Waals surface area contributed by atoms with Gasteiger partial charge in [-0.15, -0.1) is 11.3 Å². The molecule has 0 aromatic carbocycles. The van der Waals surface area contributed by atoms with Crippen LogP contribution in [0.5, 0.6) is 0 Å². The molecule has 0 N–H and O–H groups in total. The Hall–Kier alpha value is -0.526. The lowest BCUT2D eigenvalue weighted by molar-refractivity contribution is -0.00579. The molecule has 0 spiro atoms. The van der Waals surface area contributed by atoms with E-state index in [1.165, 1.54) is 11.3 Å². The minimum Gasteiger partial charge on any atom is -0.410 e. The molecule has 0 aliphatic heterocycles. The maximum absolute atomic E-state index is 10.0. The molecule has 1 aromatic heterocycles. The van der Waals surface area contributed by atoms with Crippen molar-refractivity contribution in [2.75, 3.05) is 0 Å². The summed E-state index contributed by atoms with van der Waals surface area (Å²) in [7, 11) is -3.99. The minimum atomic E-state index is -2.02. The van der Waals surface area contributed by atoms with Crippen LogP contribution in [0.25, 0.3) is 0 Å². The van der Waals surface area contributed by atoms with Crippen molar-refractivity contribution in [3.8, 4) is 6.07 Å². The van der Waals surface area contributed by atoms with Gasteiger partial charge in [-0.05, 0) is 44.7 Å². The van der Waals surface area contributed by atoms with Gasteiger partial charge < -0.3 is 8.85 Å². The SMILES string of the molecule is C[C@H](O[Si](C)(C)C(C)(C)C)[C@@](C#N)(O[Si](C)(C)C)c1nccs1. The summed E-state index contributed by atoms with van der Waals surface area (Å²) in [5.74, 6) is 0. The summed E-state index contributed by atoms with van der Waals surface area (Å²) >= 11 is 1.46. The van der Waals surface area contributed by atoms with E-state index in [0.29, 0.717) is 5.01 Å². The van der Waals surface area contributed by atoms with E-state index in [9.17, 15) is 5.26 Å². The Morgan fingerprint density at radius 2 is 1.78 bits per heavy atom. The monoisotopic (exact) mass is 370 g/mol. The van der Waals surface area contributed by atoms with Crippen LogP contribution in [0.1, 0.15) is 32.7 Å². The van der Waals surface area contributed by atoms with Gasteiger partial charge in [-0.2, -0.15) is 5.26 Å². The number of hydrogen-bond acceptors (Lipinski definition) is 5. The molecule has 0 saturated carbocycles. The Kier molecular flexibility index (Phi) is 6.04. The topological polar surface area (TPSA) is 55.1 Å². The number of nitriles is 1. The average Bonchev–Trinajstić information content (AvgIpc) is 2.86. The third kappa shape index (κ3) is 4.73. The normalized spacial score (nSPS) is 17.4. The second-order valence-corrected chi connectivity index (χ2v) is 18.5. The molecule has 1 rings (SSSR count). The van der Waals surface area contributed by atoms with Crippen LogP contribution in [0.4, 0.5) is 0 Å². The van der Waals surface area contributed by atoms with Gasteiger partial charge in [0, 0.05) is 11.6 Å². The molecule has 4 nitrogen and oxygen atoms in total. The van der Waals surface area contributed by atoms with E-state index < -0.39 is 22.2 Å². The maximum Gasteiger partial charge on any atom is 0.221 e. The van der Waals surface area contributed by atoms with Crippen molar-refractivity contribution < 1.29 is 8.85 Å². The Morgan fingerprint density at radius 3 is 2.13 bits per heavy atom. The molecule has 2 atom stereocenters. The van der Waals surface area contributed by atoms with Crippen molar-refractivity contribution in [2.24, 2.45) is 0 Å². The fourth-order valence-corrected chi connectivity index (χ4v) is 5.61. The average molecular weight is 371 g/mol. The van der Waals surface area contributed by atoms with Crippen molar-refractivity contribution in [3.63, 3.8) is 0 Å². The highest BCUT2D eigenvalue weighted by Crippen LogP contribution is 2.42. The van der Waals surface area contributed by atoms with Crippen LogP contribution in [0, 0.1) is 11.3 Å². The van der Waals surface area contributed by atoms with E-state index in [0.717, 1.165) is 0 Å². The summed E-state index contributed by atoms with van der Waals surface area (Å²) < 4.78 is 12.9. The first-order valence-corrected chi connectivity index (χ1v) is 15.1. The summed E-state index contributed by atoms with van der Waals surface area (Å²) in [6.45, 7) is 19.2. The lowest BCUT2D eigenvalue weighted by Gasteiger charge is -2.43. The van der Waals surface area contributed by atoms with E-state index in [1.807, 2.05) is 12.3 Å². The summed E-state index contributed by atoms with van der Waals surface area (Å²) in [5, 5.41) is 12.7. The zero-order valence-corrected chi connectivity index (χ0v) is 18.7. The summed E-state index contributed by atoms with van der Waals surface area (Å²) in [4.78, 5) is 4.39. The van der Waals surface area contributed by atoms with Crippen molar-refractivity contribution in [2.45, 2.75) is 77.2 Å². The number of hydrogen-bond donors (Lipinski definition) is 0. The van der Waals surface area contributed by atoms with Gasteiger partial charge in [0.15, 0.2) is 16.6 Å². The molecule has 23 heavy (non-hydrogen) atoms. The largest absolute Gasteiger partial charge is 0.410 e. The van der Waals surface area contributed by atoms with Crippen LogP contribution in [0.2, 0.25) is 37.8 Å². The van der Waals surface area contributed by atoms with Crippen LogP contribution in [0.15, 0.2) is 11.6 Å². The molecule has 0 unspecified atom stereocenters. The Balaban J connectivity index is 3.28. The first kappa shape index (κ1) is 20.5. The highest BCUT2D eigenvalue weighted by Gasteiger charge is 2.50. The zero-order valence-electron chi connectivity index (χ0n) is 15.9. The molecule has 0 amide bonds. The van der Waals surface area contributed by atoms with Gasteiger partial charge in [-0.1, -0.05) is 20.8 Å². The summed E-state index contributed by atoms with van der Waals surface area (Å²) in [6, 6.07) is 2.41. The quantitative estimate of drug-likeness (QED) is 0.652. The predicted octanol–water partition coefficient (Wildman–Crippen LogP) is 5.12. The predicted molar refractivity (Wildman–Crippen MR) is 102 cm³/mol. The Morgan fingerprint density at radius 1 is 1.22 bits per heavy atom. The maximum atomic E-state index is 10.0. The molecule has 1 aromatic rings. The number of thiazole rings is 1. The van der Waals surface area contributed by atoms with Crippen molar-refractivity contribution in [1.82, 2.24) is 4.98 Å². The highest BCUT2D eigenvalue weighted by atomic mass is 32.1. The van der Waals surface area contributed by atoms with Crippen LogP contribution in [0.3, 0.4) is 0 Å². The Labute approximate surface area is 147 Å². The first-order chi connectivity index (χ1) is 10.3. The molecule has 0 aliphatic carbocycles. The molecule has 0 fully saturated rings. The molecule has 0 bridgehead atoms. The van der Waals surface area contributed by atoms with Crippen molar-refractivity contribution in [1.29, 1.82) is 5.26 Å². The minimum absolute atomic E-state index is 0.0739. The Bertz CT molecular complexity index is 556. The van der Waals surface area contributed by atoms with E-state index in [4.69, 9.17) is 8.85 Å². The second-order valence-electron chi connectivity index (χ2n) is 8.42. The van der Waals surface area contributed by atoms with Gasteiger partial charge in [0.25, 0.3) is 0 Å². The van der Waals surface area contributed by atoms with E-state index >= 15 is 0 Å². The van der Waals surface area contributed by atoms with Gasteiger partial charge in [-0.3, -0.25) is 0 Å². The highest BCUT2D eigenvalue weighted by molar-refractivity contribution is 7.09. The van der Waals surface area contributed by atoms with Gasteiger partial charge in [-0.25, -0.2) is 4.98 Å². The summed E-state index contributed by atoms with van der Waals surface area (Å²) in [6.07, 6.45) is 1.35. The summed E-state index contributed by atoms with van der Waals surface area (Å²) in [5.41, 5.74) is -1.13. The van der Waals surface area contributed by atoms with E-state index in [1.54, 1.807) is 6.20 Å². The van der Waals surface area contributed by atoms with E-state index in [-0.39, 0.29) is 11.1 Å². The molecular formula is C16H30N2O2SSi2. The molecule has 0 aliphatic rings. The third-order valence-corrected chi connectivity index (χ3v) is 10.6. The van der Waals surface area contributed by atoms with Gasteiger partial charge in [0.05, 0.1) is 6.10 Å². The van der Waals surface area contributed by atoms with E-state index in [2.05, 4.69) is 64.6 Å². The van der Waals surface area contributed by atoms with Crippen molar-refractivity contribution >= 4 is 28.0 Å². The van der Waals surface area contributed by atoms with Gasteiger partial charge >= 0.3 is 0 Å². The van der Waals surface area contributed by atoms with Crippen LogP contribution >= 0.6 is 11.3 Å². The van der Waals surface area contributed by atoms with Gasteiger partial charge in [0.2, 0.25) is 5.60 Å². The lowest BCUT2D eigenvalue weighted by Crippen LogP contribution is -2.53. The molecule has 130 valence electrons.